The Morgan fingerprint density at radius 2 is 2.35 bits per heavy atom. The van der Waals surface area contributed by atoms with Crippen molar-refractivity contribution in [2.24, 2.45) is 5.41 Å². The molecule has 5 nitrogen and oxygen atoms in total. The minimum absolute atomic E-state index is 0.0177. The van der Waals surface area contributed by atoms with Gasteiger partial charge < -0.3 is 15.3 Å². The van der Waals surface area contributed by atoms with Crippen molar-refractivity contribution in [2.45, 2.75) is 45.1 Å². The Hall–Kier alpha value is -1.40. The number of amides is 1. The van der Waals surface area contributed by atoms with Gasteiger partial charge in [0.15, 0.2) is 0 Å². The number of aliphatic carboxylic acids is 1. The van der Waals surface area contributed by atoms with Crippen molar-refractivity contribution in [3.8, 4) is 0 Å². The Morgan fingerprint density at radius 1 is 1.52 bits per heavy atom. The fraction of sp³-hybridized carbons (Fsp3) is 0.647. The molecule has 3 rings (SSSR count). The number of thiophene rings is 1. The Labute approximate surface area is 140 Å². The van der Waals surface area contributed by atoms with Crippen LogP contribution in [0.4, 0.5) is 0 Å². The van der Waals surface area contributed by atoms with Gasteiger partial charge in [0.05, 0.1) is 5.56 Å². The SMILES string of the molecule is CCCc1cc(C(=O)N2CC[C@@H]3NCCC[C@@]3(C(=O)O)C2)cs1. The van der Waals surface area contributed by atoms with E-state index in [-0.39, 0.29) is 11.9 Å². The molecule has 1 aromatic heterocycles. The van der Waals surface area contributed by atoms with Gasteiger partial charge in [-0.2, -0.15) is 0 Å². The number of carboxylic acid groups (broad SMARTS) is 1. The van der Waals surface area contributed by atoms with Crippen molar-refractivity contribution in [1.82, 2.24) is 10.2 Å². The average Bonchev–Trinajstić information content (AvgIpc) is 3.02. The van der Waals surface area contributed by atoms with Crippen LogP contribution in [-0.4, -0.2) is 47.6 Å². The lowest BCUT2D eigenvalue weighted by Gasteiger charge is -2.48. The van der Waals surface area contributed by atoms with Gasteiger partial charge in [0.25, 0.3) is 5.91 Å². The molecule has 0 radical (unpaired) electrons. The Bertz CT molecular complexity index is 600. The number of nitrogens with zero attached hydrogens (tertiary/aromatic N) is 1. The molecule has 2 aliphatic rings. The van der Waals surface area contributed by atoms with Gasteiger partial charge in [-0.3, -0.25) is 9.59 Å². The van der Waals surface area contributed by atoms with Crippen molar-refractivity contribution in [3.63, 3.8) is 0 Å². The third kappa shape index (κ3) is 3.02. The Kier molecular flexibility index (Phi) is 4.73. The van der Waals surface area contributed by atoms with Gasteiger partial charge in [0.2, 0.25) is 0 Å². The number of carbonyl (C=O) groups excluding carboxylic acids is 1. The normalized spacial score (nSPS) is 27.5. The van der Waals surface area contributed by atoms with Crippen molar-refractivity contribution >= 4 is 23.2 Å². The first-order chi connectivity index (χ1) is 11.1. The van der Waals surface area contributed by atoms with Crippen LogP contribution in [-0.2, 0) is 11.2 Å². The lowest BCUT2D eigenvalue weighted by Crippen LogP contribution is -2.63. The van der Waals surface area contributed by atoms with Gasteiger partial charge in [-0.25, -0.2) is 0 Å². The molecular weight excluding hydrogens is 312 g/mol. The largest absolute Gasteiger partial charge is 0.481 e. The summed E-state index contributed by atoms with van der Waals surface area (Å²) < 4.78 is 0. The maximum absolute atomic E-state index is 12.8. The summed E-state index contributed by atoms with van der Waals surface area (Å²) in [5.74, 6) is -0.794. The number of carboxylic acids is 1. The topological polar surface area (TPSA) is 69.6 Å². The fourth-order valence-corrected chi connectivity index (χ4v) is 4.84. The maximum atomic E-state index is 12.8. The molecule has 2 saturated heterocycles. The van der Waals surface area contributed by atoms with E-state index in [0.717, 1.165) is 25.8 Å². The highest BCUT2D eigenvalue weighted by Crippen LogP contribution is 2.38. The van der Waals surface area contributed by atoms with Crippen LogP contribution in [0.2, 0.25) is 0 Å². The van der Waals surface area contributed by atoms with Crippen LogP contribution >= 0.6 is 11.3 Å². The average molecular weight is 336 g/mol. The third-order valence-electron chi connectivity index (χ3n) is 5.13. The number of nitrogens with one attached hydrogen (secondary N) is 1. The number of hydrogen-bond donors (Lipinski definition) is 2. The van der Waals surface area contributed by atoms with Crippen molar-refractivity contribution in [3.05, 3.63) is 21.9 Å². The number of hydrogen-bond acceptors (Lipinski definition) is 4. The number of rotatable bonds is 4. The minimum atomic E-state index is -0.825. The summed E-state index contributed by atoms with van der Waals surface area (Å²) in [7, 11) is 0. The molecule has 1 amide bonds. The lowest BCUT2D eigenvalue weighted by atomic mass is 9.70. The second-order valence-electron chi connectivity index (χ2n) is 6.64. The number of carbonyl (C=O) groups is 2. The van der Waals surface area contributed by atoms with E-state index in [0.29, 0.717) is 31.5 Å². The highest BCUT2D eigenvalue weighted by atomic mass is 32.1. The second kappa shape index (κ2) is 6.61. The van der Waals surface area contributed by atoms with Crippen LogP contribution in [0.5, 0.6) is 0 Å². The summed E-state index contributed by atoms with van der Waals surface area (Å²) in [6.45, 7) is 3.94. The first kappa shape index (κ1) is 16.5. The smallest absolute Gasteiger partial charge is 0.313 e. The summed E-state index contributed by atoms with van der Waals surface area (Å²) in [6, 6.07) is 1.95. The predicted molar refractivity (Wildman–Crippen MR) is 89.9 cm³/mol. The van der Waals surface area contributed by atoms with Gasteiger partial charge in [0.1, 0.15) is 5.41 Å². The van der Waals surface area contributed by atoms with E-state index in [4.69, 9.17) is 0 Å². The molecule has 126 valence electrons. The first-order valence-corrected chi connectivity index (χ1v) is 9.28. The molecule has 2 aliphatic heterocycles. The summed E-state index contributed by atoms with van der Waals surface area (Å²) >= 11 is 1.62. The van der Waals surface area contributed by atoms with Crippen LogP contribution in [0.25, 0.3) is 0 Å². The molecule has 2 N–H and O–H groups in total. The summed E-state index contributed by atoms with van der Waals surface area (Å²) in [5.41, 5.74) is -0.116. The highest BCUT2D eigenvalue weighted by molar-refractivity contribution is 7.10. The summed E-state index contributed by atoms with van der Waals surface area (Å²) in [5, 5.41) is 15.0. The molecule has 0 saturated carbocycles. The van der Waals surface area contributed by atoms with Crippen LogP contribution in [0.3, 0.4) is 0 Å². The number of piperidine rings is 2. The molecule has 23 heavy (non-hydrogen) atoms. The van der Waals surface area contributed by atoms with Crippen molar-refractivity contribution in [1.29, 1.82) is 0 Å². The third-order valence-corrected chi connectivity index (χ3v) is 6.12. The number of aryl methyl sites for hydroxylation is 1. The molecule has 0 bridgehead atoms. The van der Waals surface area contributed by atoms with Gasteiger partial charge in [0, 0.05) is 29.4 Å². The van der Waals surface area contributed by atoms with Gasteiger partial charge in [-0.1, -0.05) is 13.3 Å². The molecule has 0 spiro atoms. The zero-order valence-electron chi connectivity index (χ0n) is 13.5. The molecule has 0 aromatic carbocycles. The summed E-state index contributed by atoms with van der Waals surface area (Å²) in [6.07, 6.45) is 4.26. The molecule has 1 aromatic rings. The molecule has 0 unspecified atom stereocenters. The van der Waals surface area contributed by atoms with Crippen molar-refractivity contribution in [2.75, 3.05) is 19.6 Å². The van der Waals surface area contributed by atoms with Gasteiger partial charge in [-0.15, -0.1) is 11.3 Å². The minimum Gasteiger partial charge on any atom is -0.481 e. The molecule has 0 aliphatic carbocycles. The van der Waals surface area contributed by atoms with E-state index in [1.807, 2.05) is 11.4 Å². The number of fused-ring (bicyclic) bond motifs is 1. The lowest BCUT2D eigenvalue weighted by molar-refractivity contribution is -0.156. The highest BCUT2D eigenvalue weighted by Gasteiger charge is 2.51. The van der Waals surface area contributed by atoms with E-state index in [1.165, 1.54) is 4.88 Å². The maximum Gasteiger partial charge on any atom is 0.313 e. The van der Waals surface area contributed by atoms with Gasteiger partial charge in [-0.05, 0) is 38.3 Å². The van der Waals surface area contributed by atoms with Crippen LogP contribution in [0.15, 0.2) is 11.4 Å². The zero-order valence-corrected chi connectivity index (χ0v) is 14.3. The van der Waals surface area contributed by atoms with Crippen LogP contribution < -0.4 is 5.32 Å². The predicted octanol–water partition coefficient (Wildman–Crippen LogP) is 2.37. The van der Waals surface area contributed by atoms with E-state index in [2.05, 4.69) is 12.2 Å². The van der Waals surface area contributed by atoms with Crippen molar-refractivity contribution < 1.29 is 14.7 Å². The van der Waals surface area contributed by atoms with E-state index in [9.17, 15) is 14.7 Å². The van der Waals surface area contributed by atoms with E-state index < -0.39 is 11.4 Å². The standard InChI is InChI=1S/C17H24N2O3S/c1-2-4-13-9-12(10-23-13)15(20)19-8-5-14-17(11-19,16(21)22)6-3-7-18-14/h9-10,14,18H,2-8,11H2,1H3,(H,21,22)/t14-,17+/m0/s1. The Balaban J connectivity index is 1.77. The van der Waals surface area contributed by atoms with E-state index in [1.54, 1.807) is 16.2 Å². The molecule has 3 heterocycles. The molecule has 2 atom stereocenters. The monoisotopic (exact) mass is 336 g/mol. The van der Waals surface area contributed by atoms with E-state index >= 15 is 0 Å². The Morgan fingerprint density at radius 3 is 3.09 bits per heavy atom. The molecular formula is C17H24N2O3S. The summed E-state index contributed by atoms with van der Waals surface area (Å²) in [4.78, 5) is 27.7. The molecule has 6 heteroatoms. The second-order valence-corrected chi connectivity index (χ2v) is 7.63. The van der Waals surface area contributed by atoms with Crippen LogP contribution in [0, 0.1) is 5.41 Å². The quantitative estimate of drug-likeness (QED) is 0.886. The fourth-order valence-electron chi connectivity index (χ4n) is 3.87. The molecule has 2 fully saturated rings. The van der Waals surface area contributed by atoms with Gasteiger partial charge >= 0.3 is 5.97 Å². The number of likely N-dealkylation sites (tertiary alicyclic amines) is 1. The van der Waals surface area contributed by atoms with Crippen LogP contribution in [0.1, 0.15) is 47.8 Å². The zero-order chi connectivity index (χ0) is 16.4. The first-order valence-electron chi connectivity index (χ1n) is 8.40.